The summed E-state index contributed by atoms with van der Waals surface area (Å²) in [5.74, 6) is -2.83. The number of carbonyl (C=O) groups is 2. The number of hydrogen-bond donors (Lipinski definition) is 2. The zero-order valence-corrected chi connectivity index (χ0v) is 21.5. The molecule has 2 N–H and O–H groups in total. The molecule has 1 aliphatic carbocycles. The van der Waals surface area contributed by atoms with Crippen LogP contribution < -0.4 is 10.6 Å². The number of hydrogen-bond acceptors (Lipinski definition) is 5. The summed E-state index contributed by atoms with van der Waals surface area (Å²) in [7, 11) is 1.38. The monoisotopic (exact) mass is 568 g/mol. The second kappa shape index (κ2) is 10.3. The Morgan fingerprint density at radius 2 is 1.73 bits per heavy atom. The van der Waals surface area contributed by atoms with Crippen LogP contribution in [0.5, 0.6) is 0 Å². The van der Waals surface area contributed by atoms with Gasteiger partial charge in [-0.3, -0.25) is 9.59 Å². The molecule has 0 saturated heterocycles. The normalized spacial score (nSPS) is 14.0. The standard InChI is InChI=1S/C29H21F5N4O3/c1-36-26(40)23-20-13-18(16-4-7-21(31)19(12-16)25(39)38-28(14-35)10-11-28)22(8-9-29(32,33)34)37-27(20)41-24(23)15-2-5-17(30)6-3-15/h2-7,12-13H,8-11H2,1H3,(H,36,40)(H,38,39). The van der Waals surface area contributed by atoms with Crippen molar-refractivity contribution >= 4 is 22.9 Å². The highest BCUT2D eigenvalue weighted by Crippen LogP contribution is 2.38. The van der Waals surface area contributed by atoms with Gasteiger partial charge in [-0.1, -0.05) is 6.07 Å². The first-order valence-corrected chi connectivity index (χ1v) is 12.5. The largest absolute Gasteiger partial charge is 0.437 e. The molecule has 2 aromatic carbocycles. The van der Waals surface area contributed by atoms with Gasteiger partial charge in [-0.15, -0.1) is 0 Å². The summed E-state index contributed by atoms with van der Waals surface area (Å²) in [6.45, 7) is 0. The summed E-state index contributed by atoms with van der Waals surface area (Å²) < 4.78 is 73.8. The van der Waals surface area contributed by atoms with Gasteiger partial charge in [0.15, 0.2) is 0 Å². The molecule has 7 nitrogen and oxygen atoms in total. The number of carbonyl (C=O) groups excluding carboxylic acids is 2. The number of amides is 2. The lowest BCUT2D eigenvalue weighted by atomic mass is 9.96. The van der Waals surface area contributed by atoms with Crippen molar-refractivity contribution in [1.29, 1.82) is 5.26 Å². The zero-order chi connectivity index (χ0) is 29.5. The molecule has 210 valence electrons. The number of pyridine rings is 1. The average Bonchev–Trinajstić information content (AvgIpc) is 3.62. The fourth-order valence-electron chi connectivity index (χ4n) is 4.46. The smallest absolute Gasteiger partial charge is 0.389 e. The van der Waals surface area contributed by atoms with Crippen molar-refractivity contribution in [3.8, 4) is 28.5 Å². The number of nitrogens with zero attached hydrogens (tertiary/aromatic N) is 2. The van der Waals surface area contributed by atoms with Crippen molar-refractivity contribution in [2.45, 2.75) is 37.4 Å². The van der Waals surface area contributed by atoms with Crippen LogP contribution in [0.15, 0.2) is 52.9 Å². The molecule has 2 aromatic heterocycles. The summed E-state index contributed by atoms with van der Waals surface area (Å²) in [5.41, 5.74) is -1.06. The molecule has 2 heterocycles. The number of fused-ring (bicyclic) bond motifs is 1. The van der Waals surface area contributed by atoms with E-state index >= 15 is 0 Å². The molecule has 0 radical (unpaired) electrons. The van der Waals surface area contributed by atoms with E-state index < -0.39 is 53.6 Å². The van der Waals surface area contributed by atoms with Crippen molar-refractivity contribution in [3.63, 3.8) is 0 Å². The van der Waals surface area contributed by atoms with Crippen LogP contribution in [0.3, 0.4) is 0 Å². The van der Waals surface area contributed by atoms with Gasteiger partial charge in [0.2, 0.25) is 5.71 Å². The van der Waals surface area contributed by atoms with E-state index in [4.69, 9.17) is 4.42 Å². The SMILES string of the molecule is CNC(=O)c1c(-c2ccc(F)cc2)oc2nc(CCC(F)(F)F)c(-c3ccc(F)c(C(=O)NC4(C#N)CC4)c3)cc12. The highest BCUT2D eigenvalue weighted by molar-refractivity contribution is 6.11. The molecule has 5 rings (SSSR count). The minimum atomic E-state index is -4.52. The molecular formula is C29H21F5N4O3. The number of nitrogens with one attached hydrogen (secondary N) is 2. The molecule has 4 aromatic rings. The molecular weight excluding hydrogens is 547 g/mol. The van der Waals surface area contributed by atoms with Crippen molar-refractivity contribution < 1.29 is 36.0 Å². The lowest BCUT2D eigenvalue weighted by Gasteiger charge is -2.14. The van der Waals surface area contributed by atoms with Crippen LogP contribution in [0.1, 0.15) is 45.7 Å². The van der Waals surface area contributed by atoms with Crippen molar-refractivity contribution in [2.24, 2.45) is 0 Å². The van der Waals surface area contributed by atoms with Crippen molar-refractivity contribution in [3.05, 3.63) is 77.0 Å². The predicted octanol–water partition coefficient (Wildman–Crippen LogP) is 6.08. The van der Waals surface area contributed by atoms with Gasteiger partial charge in [0.05, 0.1) is 28.3 Å². The first kappa shape index (κ1) is 27.8. The van der Waals surface area contributed by atoms with Crippen LogP contribution in [0.4, 0.5) is 22.0 Å². The van der Waals surface area contributed by atoms with Gasteiger partial charge in [0.25, 0.3) is 11.8 Å². The maximum Gasteiger partial charge on any atom is 0.389 e. The molecule has 2 amide bonds. The summed E-state index contributed by atoms with van der Waals surface area (Å²) in [6.07, 6.45) is -5.50. The Bertz CT molecular complexity index is 1720. The molecule has 0 bridgehead atoms. The highest BCUT2D eigenvalue weighted by atomic mass is 19.4. The fourth-order valence-corrected chi connectivity index (χ4v) is 4.46. The maximum atomic E-state index is 14.7. The molecule has 41 heavy (non-hydrogen) atoms. The second-order valence-electron chi connectivity index (χ2n) is 9.69. The number of rotatable bonds is 7. The van der Waals surface area contributed by atoms with E-state index in [0.717, 1.165) is 18.2 Å². The van der Waals surface area contributed by atoms with Gasteiger partial charge in [-0.05, 0) is 67.3 Å². The van der Waals surface area contributed by atoms with Gasteiger partial charge >= 0.3 is 6.18 Å². The quantitative estimate of drug-likeness (QED) is 0.263. The van der Waals surface area contributed by atoms with E-state index in [9.17, 15) is 36.8 Å². The summed E-state index contributed by atoms with van der Waals surface area (Å²) in [5, 5.41) is 14.4. The second-order valence-corrected chi connectivity index (χ2v) is 9.69. The van der Waals surface area contributed by atoms with E-state index in [0.29, 0.717) is 18.4 Å². The Morgan fingerprint density at radius 1 is 1.05 bits per heavy atom. The van der Waals surface area contributed by atoms with Crippen LogP contribution in [0.2, 0.25) is 0 Å². The molecule has 1 aliphatic rings. The van der Waals surface area contributed by atoms with Gasteiger partial charge in [-0.25, -0.2) is 13.8 Å². The zero-order valence-electron chi connectivity index (χ0n) is 21.5. The maximum absolute atomic E-state index is 14.7. The molecule has 0 spiro atoms. The van der Waals surface area contributed by atoms with Gasteiger partial charge in [-0.2, -0.15) is 18.4 Å². The van der Waals surface area contributed by atoms with Crippen LogP contribution in [0.25, 0.3) is 33.6 Å². The lowest BCUT2D eigenvalue weighted by Crippen LogP contribution is -2.36. The van der Waals surface area contributed by atoms with E-state index in [2.05, 4.69) is 15.6 Å². The third kappa shape index (κ3) is 5.61. The van der Waals surface area contributed by atoms with Crippen molar-refractivity contribution in [1.82, 2.24) is 15.6 Å². The summed E-state index contributed by atoms with van der Waals surface area (Å²) >= 11 is 0. The Kier molecular flexibility index (Phi) is 6.98. The molecule has 0 aliphatic heterocycles. The van der Waals surface area contributed by atoms with E-state index in [-0.39, 0.29) is 39.2 Å². The molecule has 1 saturated carbocycles. The van der Waals surface area contributed by atoms with Crippen LogP contribution in [-0.4, -0.2) is 35.6 Å². The molecule has 0 atom stereocenters. The first-order valence-electron chi connectivity index (χ1n) is 12.5. The van der Waals surface area contributed by atoms with Gasteiger partial charge < -0.3 is 15.1 Å². The number of halogens is 5. The van der Waals surface area contributed by atoms with E-state index in [1.54, 1.807) is 0 Å². The summed E-state index contributed by atoms with van der Waals surface area (Å²) in [6, 6.07) is 11.9. The highest BCUT2D eigenvalue weighted by Gasteiger charge is 2.45. The molecule has 0 unspecified atom stereocenters. The van der Waals surface area contributed by atoms with E-state index in [1.807, 2.05) is 6.07 Å². The minimum Gasteiger partial charge on any atom is -0.437 e. The predicted molar refractivity (Wildman–Crippen MR) is 138 cm³/mol. The molecule has 1 fully saturated rings. The van der Waals surface area contributed by atoms with E-state index in [1.165, 1.54) is 37.4 Å². The van der Waals surface area contributed by atoms with Crippen LogP contribution >= 0.6 is 0 Å². The number of aryl methyl sites for hydroxylation is 1. The van der Waals surface area contributed by atoms with Crippen molar-refractivity contribution in [2.75, 3.05) is 7.05 Å². The lowest BCUT2D eigenvalue weighted by molar-refractivity contribution is -0.134. The minimum absolute atomic E-state index is 0.00926. The number of benzene rings is 2. The Balaban J connectivity index is 1.69. The third-order valence-corrected chi connectivity index (χ3v) is 6.81. The van der Waals surface area contributed by atoms with Gasteiger partial charge in [0.1, 0.15) is 22.9 Å². The summed E-state index contributed by atoms with van der Waals surface area (Å²) in [4.78, 5) is 30.1. The first-order chi connectivity index (χ1) is 19.4. The number of furan rings is 1. The number of aromatic nitrogens is 1. The topological polar surface area (TPSA) is 108 Å². The number of nitriles is 1. The molecule has 12 heteroatoms. The Hall–Kier alpha value is -4.79. The fraction of sp³-hybridized carbons (Fsp3) is 0.241. The third-order valence-electron chi connectivity index (χ3n) is 6.81. The Labute approximate surface area is 230 Å². The Morgan fingerprint density at radius 3 is 2.34 bits per heavy atom. The van der Waals surface area contributed by atoms with Gasteiger partial charge in [0, 0.05) is 24.6 Å². The average molecular weight is 569 g/mol. The van der Waals surface area contributed by atoms with Crippen LogP contribution in [0, 0.1) is 23.0 Å². The number of alkyl halides is 3. The van der Waals surface area contributed by atoms with Crippen LogP contribution in [-0.2, 0) is 6.42 Å².